The Hall–Kier alpha value is -1.42. The molecule has 1 aliphatic carbocycles. The van der Waals surface area contributed by atoms with Gasteiger partial charge >= 0.3 is 0 Å². The number of hydrogen-bond acceptors (Lipinski definition) is 2. The topological polar surface area (TPSA) is 41.1 Å². The first-order valence-corrected chi connectivity index (χ1v) is 6.40. The molecular weight excluding hydrogens is 231 g/mol. The predicted octanol–water partition coefficient (Wildman–Crippen LogP) is 2.00. The van der Waals surface area contributed by atoms with Crippen LogP contribution in [0.1, 0.15) is 31.4 Å². The van der Waals surface area contributed by atoms with Gasteiger partial charge in [0.1, 0.15) is 5.82 Å². The van der Waals surface area contributed by atoms with Crippen LogP contribution in [0.15, 0.2) is 24.3 Å². The van der Waals surface area contributed by atoms with E-state index in [-0.39, 0.29) is 17.8 Å². The average molecular weight is 250 g/mol. The van der Waals surface area contributed by atoms with Gasteiger partial charge in [-0.05, 0) is 49.9 Å². The van der Waals surface area contributed by atoms with E-state index in [0.29, 0.717) is 6.54 Å². The molecule has 1 atom stereocenters. The largest absolute Gasteiger partial charge is 0.348 e. The molecule has 2 N–H and O–H groups in total. The maximum Gasteiger partial charge on any atom is 0.234 e. The van der Waals surface area contributed by atoms with Crippen LogP contribution in [0.4, 0.5) is 4.39 Å². The molecule has 1 aromatic carbocycles. The SMILES string of the molecule is C[C@@H](NC(=O)CNCC1CC1)c1cccc(F)c1. The van der Waals surface area contributed by atoms with E-state index in [1.54, 1.807) is 6.07 Å². The molecule has 0 aromatic heterocycles. The van der Waals surface area contributed by atoms with E-state index in [0.717, 1.165) is 18.0 Å². The van der Waals surface area contributed by atoms with Crippen molar-refractivity contribution in [2.75, 3.05) is 13.1 Å². The highest BCUT2D eigenvalue weighted by atomic mass is 19.1. The second-order valence-electron chi connectivity index (χ2n) is 4.92. The van der Waals surface area contributed by atoms with Gasteiger partial charge in [0.25, 0.3) is 0 Å². The highest BCUT2D eigenvalue weighted by Gasteiger charge is 2.20. The average Bonchev–Trinajstić information content (AvgIpc) is 3.13. The summed E-state index contributed by atoms with van der Waals surface area (Å²) in [5.74, 6) is 0.436. The van der Waals surface area contributed by atoms with E-state index >= 15 is 0 Å². The zero-order valence-electron chi connectivity index (χ0n) is 10.6. The third kappa shape index (κ3) is 4.11. The molecule has 18 heavy (non-hydrogen) atoms. The monoisotopic (exact) mass is 250 g/mol. The van der Waals surface area contributed by atoms with Crippen LogP contribution in [-0.4, -0.2) is 19.0 Å². The van der Waals surface area contributed by atoms with Gasteiger partial charge in [-0.3, -0.25) is 4.79 Å². The van der Waals surface area contributed by atoms with Gasteiger partial charge in [-0.25, -0.2) is 4.39 Å². The van der Waals surface area contributed by atoms with Gasteiger partial charge in [-0.2, -0.15) is 0 Å². The van der Waals surface area contributed by atoms with Gasteiger partial charge in [-0.1, -0.05) is 12.1 Å². The second-order valence-corrected chi connectivity index (χ2v) is 4.92. The van der Waals surface area contributed by atoms with Crippen molar-refractivity contribution in [1.29, 1.82) is 0 Å². The van der Waals surface area contributed by atoms with Crippen LogP contribution in [-0.2, 0) is 4.79 Å². The lowest BCUT2D eigenvalue weighted by molar-refractivity contribution is -0.120. The molecule has 1 aliphatic rings. The van der Waals surface area contributed by atoms with E-state index in [9.17, 15) is 9.18 Å². The molecule has 2 rings (SSSR count). The summed E-state index contributed by atoms with van der Waals surface area (Å²) in [6, 6.07) is 6.14. The number of halogens is 1. The van der Waals surface area contributed by atoms with Crippen molar-refractivity contribution in [2.24, 2.45) is 5.92 Å². The van der Waals surface area contributed by atoms with Gasteiger partial charge in [0.15, 0.2) is 0 Å². The van der Waals surface area contributed by atoms with Gasteiger partial charge in [0, 0.05) is 0 Å². The van der Waals surface area contributed by atoms with Gasteiger partial charge in [0.2, 0.25) is 5.91 Å². The molecule has 0 unspecified atom stereocenters. The molecule has 0 spiro atoms. The Morgan fingerprint density at radius 2 is 2.28 bits per heavy atom. The van der Waals surface area contributed by atoms with Crippen molar-refractivity contribution in [3.8, 4) is 0 Å². The molecule has 0 saturated heterocycles. The van der Waals surface area contributed by atoms with E-state index in [4.69, 9.17) is 0 Å². The predicted molar refractivity (Wildman–Crippen MR) is 68.6 cm³/mol. The molecule has 3 nitrogen and oxygen atoms in total. The lowest BCUT2D eigenvalue weighted by Gasteiger charge is -2.14. The number of carbonyl (C=O) groups is 1. The van der Waals surface area contributed by atoms with Crippen LogP contribution < -0.4 is 10.6 Å². The molecule has 1 saturated carbocycles. The highest BCUT2D eigenvalue weighted by molar-refractivity contribution is 5.78. The zero-order valence-corrected chi connectivity index (χ0v) is 10.6. The van der Waals surface area contributed by atoms with E-state index in [1.807, 2.05) is 13.0 Å². The third-order valence-corrected chi connectivity index (χ3v) is 3.14. The molecule has 1 aromatic rings. The lowest BCUT2D eigenvalue weighted by Crippen LogP contribution is -2.36. The van der Waals surface area contributed by atoms with Gasteiger partial charge in [0.05, 0.1) is 12.6 Å². The van der Waals surface area contributed by atoms with Gasteiger partial charge < -0.3 is 10.6 Å². The number of hydrogen-bond donors (Lipinski definition) is 2. The second kappa shape index (κ2) is 5.96. The highest BCUT2D eigenvalue weighted by Crippen LogP contribution is 2.27. The minimum Gasteiger partial charge on any atom is -0.348 e. The minimum atomic E-state index is -0.277. The third-order valence-electron chi connectivity index (χ3n) is 3.14. The zero-order chi connectivity index (χ0) is 13.0. The maximum absolute atomic E-state index is 13.0. The number of rotatable bonds is 6. The summed E-state index contributed by atoms with van der Waals surface area (Å²) in [6.45, 7) is 3.10. The summed E-state index contributed by atoms with van der Waals surface area (Å²) in [5.41, 5.74) is 0.783. The van der Waals surface area contributed by atoms with Crippen molar-refractivity contribution in [1.82, 2.24) is 10.6 Å². The van der Waals surface area contributed by atoms with E-state index in [1.165, 1.54) is 25.0 Å². The molecule has 0 radical (unpaired) electrons. The van der Waals surface area contributed by atoms with Crippen LogP contribution in [0.25, 0.3) is 0 Å². The Kier molecular flexibility index (Phi) is 4.31. The molecule has 1 fully saturated rings. The summed E-state index contributed by atoms with van der Waals surface area (Å²) in [6.07, 6.45) is 2.54. The molecule has 0 bridgehead atoms. The Morgan fingerprint density at radius 3 is 2.94 bits per heavy atom. The Labute approximate surface area is 107 Å². The number of carbonyl (C=O) groups excluding carboxylic acids is 1. The minimum absolute atomic E-state index is 0.0487. The van der Waals surface area contributed by atoms with Gasteiger partial charge in [-0.15, -0.1) is 0 Å². The summed E-state index contributed by atoms with van der Waals surface area (Å²) < 4.78 is 13.0. The number of benzene rings is 1. The first-order valence-electron chi connectivity index (χ1n) is 6.40. The molecular formula is C14H19FN2O. The number of nitrogens with one attached hydrogen (secondary N) is 2. The van der Waals surface area contributed by atoms with Crippen molar-refractivity contribution in [2.45, 2.75) is 25.8 Å². The van der Waals surface area contributed by atoms with E-state index in [2.05, 4.69) is 10.6 Å². The molecule has 0 heterocycles. The fourth-order valence-electron chi connectivity index (χ4n) is 1.86. The summed E-state index contributed by atoms with van der Waals surface area (Å²) in [4.78, 5) is 11.6. The fraction of sp³-hybridized carbons (Fsp3) is 0.500. The Bertz CT molecular complexity index is 418. The lowest BCUT2D eigenvalue weighted by atomic mass is 10.1. The number of amides is 1. The van der Waals surface area contributed by atoms with Crippen LogP contribution in [0.3, 0.4) is 0 Å². The first-order chi connectivity index (χ1) is 8.65. The van der Waals surface area contributed by atoms with Crippen LogP contribution in [0, 0.1) is 11.7 Å². The Balaban J connectivity index is 1.75. The molecule has 0 aliphatic heterocycles. The summed E-state index contributed by atoms with van der Waals surface area (Å²) in [7, 11) is 0. The Morgan fingerprint density at radius 1 is 1.50 bits per heavy atom. The van der Waals surface area contributed by atoms with Crippen molar-refractivity contribution in [3.63, 3.8) is 0 Å². The van der Waals surface area contributed by atoms with Crippen LogP contribution in [0.5, 0.6) is 0 Å². The molecule has 4 heteroatoms. The smallest absolute Gasteiger partial charge is 0.234 e. The fourth-order valence-corrected chi connectivity index (χ4v) is 1.86. The maximum atomic E-state index is 13.0. The van der Waals surface area contributed by atoms with Crippen molar-refractivity contribution >= 4 is 5.91 Å². The first kappa shape index (κ1) is 13.0. The van der Waals surface area contributed by atoms with Crippen molar-refractivity contribution in [3.05, 3.63) is 35.6 Å². The van der Waals surface area contributed by atoms with Crippen LogP contribution in [0.2, 0.25) is 0 Å². The van der Waals surface area contributed by atoms with Crippen molar-refractivity contribution < 1.29 is 9.18 Å². The molecule has 98 valence electrons. The van der Waals surface area contributed by atoms with E-state index < -0.39 is 0 Å². The standard InChI is InChI=1S/C14H19FN2O/c1-10(12-3-2-4-13(15)7-12)17-14(18)9-16-8-11-5-6-11/h2-4,7,10-11,16H,5-6,8-9H2,1H3,(H,17,18)/t10-/m1/s1. The quantitative estimate of drug-likeness (QED) is 0.811. The molecule has 1 amide bonds. The normalized spacial score (nSPS) is 16.3. The summed E-state index contributed by atoms with van der Waals surface area (Å²) in [5, 5.41) is 5.98. The van der Waals surface area contributed by atoms with Crippen LogP contribution >= 0.6 is 0 Å². The summed E-state index contributed by atoms with van der Waals surface area (Å²) >= 11 is 0.